The number of para-hydroxylation sites is 1. The van der Waals surface area contributed by atoms with E-state index >= 15 is 0 Å². The molecule has 1 aromatic carbocycles. The topological polar surface area (TPSA) is 51.1 Å². The lowest BCUT2D eigenvalue weighted by atomic mass is 10.1. The number of anilines is 1. The maximum Gasteiger partial charge on any atom is 0.0946 e. The van der Waals surface area contributed by atoms with Crippen molar-refractivity contribution in [1.82, 2.24) is 15.0 Å². The van der Waals surface area contributed by atoms with Gasteiger partial charge in [-0.1, -0.05) is 37.6 Å². The van der Waals surface area contributed by atoms with Gasteiger partial charge in [-0.3, -0.25) is 10.3 Å². The second-order valence-electron chi connectivity index (χ2n) is 6.31. The quantitative estimate of drug-likeness (QED) is 0.690. The zero-order chi connectivity index (χ0) is 16.6. The minimum atomic E-state index is 0.689. The van der Waals surface area contributed by atoms with Gasteiger partial charge >= 0.3 is 0 Å². The van der Waals surface area contributed by atoms with E-state index in [0.29, 0.717) is 5.92 Å². The third kappa shape index (κ3) is 4.61. The van der Waals surface area contributed by atoms with Crippen molar-refractivity contribution in [1.29, 1.82) is 0 Å². The number of imidazole rings is 1. The average molecular weight is 326 g/mol. The van der Waals surface area contributed by atoms with Gasteiger partial charge in [-0.05, 0) is 24.8 Å². The molecule has 128 valence electrons. The van der Waals surface area contributed by atoms with Crippen molar-refractivity contribution >= 4 is 11.4 Å². The molecule has 1 aliphatic rings. The van der Waals surface area contributed by atoms with Crippen LogP contribution in [0.4, 0.5) is 5.69 Å². The molecule has 0 unspecified atom stereocenters. The van der Waals surface area contributed by atoms with Crippen LogP contribution in [-0.2, 0) is 11.4 Å². The van der Waals surface area contributed by atoms with Crippen molar-refractivity contribution in [3.63, 3.8) is 0 Å². The highest BCUT2D eigenvalue weighted by Crippen LogP contribution is 2.25. The summed E-state index contributed by atoms with van der Waals surface area (Å²) in [5, 5.41) is 3.46. The van der Waals surface area contributed by atoms with Crippen LogP contribution in [0.1, 0.15) is 31.2 Å². The third-order valence-electron chi connectivity index (χ3n) is 4.49. The molecule has 0 amide bonds. The fourth-order valence-corrected chi connectivity index (χ4v) is 3.12. The molecule has 0 spiro atoms. The monoisotopic (exact) mass is 326 g/mol. The predicted molar refractivity (Wildman–Crippen MR) is 97.2 cm³/mol. The summed E-state index contributed by atoms with van der Waals surface area (Å²) in [5.74, 6) is 0.689. The second-order valence-corrected chi connectivity index (χ2v) is 6.31. The highest BCUT2D eigenvalue weighted by Gasteiger charge is 2.15. The van der Waals surface area contributed by atoms with Gasteiger partial charge in [-0.25, -0.2) is 4.98 Å². The molecule has 0 bridgehead atoms. The van der Waals surface area contributed by atoms with E-state index in [4.69, 9.17) is 4.84 Å². The van der Waals surface area contributed by atoms with E-state index in [1.165, 1.54) is 25.7 Å². The molecule has 0 atom stereocenters. The van der Waals surface area contributed by atoms with Gasteiger partial charge in [0.05, 0.1) is 18.6 Å². The zero-order valence-electron chi connectivity index (χ0n) is 14.1. The van der Waals surface area contributed by atoms with Crippen molar-refractivity contribution in [3.05, 3.63) is 55.1 Å². The molecule has 3 rings (SSSR count). The van der Waals surface area contributed by atoms with Crippen molar-refractivity contribution in [2.24, 2.45) is 5.92 Å². The van der Waals surface area contributed by atoms with Gasteiger partial charge in [0.25, 0.3) is 0 Å². The molecule has 0 saturated heterocycles. The molecule has 1 saturated carbocycles. The smallest absolute Gasteiger partial charge is 0.0946 e. The van der Waals surface area contributed by atoms with Crippen LogP contribution >= 0.6 is 0 Å². The van der Waals surface area contributed by atoms with E-state index < -0.39 is 0 Å². The largest absolute Gasteiger partial charge is 0.383 e. The fourth-order valence-electron chi connectivity index (χ4n) is 3.12. The predicted octanol–water partition coefficient (Wildman–Crippen LogP) is 3.68. The Morgan fingerprint density at radius 1 is 1.29 bits per heavy atom. The molecule has 0 radical (unpaired) electrons. The number of aromatic nitrogens is 2. The van der Waals surface area contributed by atoms with Crippen molar-refractivity contribution in [3.8, 4) is 0 Å². The highest BCUT2D eigenvalue weighted by molar-refractivity contribution is 5.73. The first-order valence-corrected chi connectivity index (χ1v) is 8.68. The van der Waals surface area contributed by atoms with Crippen molar-refractivity contribution in [2.45, 2.75) is 32.2 Å². The molecule has 1 aromatic heterocycles. The second kappa shape index (κ2) is 8.55. The Bertz CT molecular complexity index is 633. The minimum Gasteiger partial charge on any atom is -0.383 e. The number of nitrogens with zero attached hydrogens (tertiary/aromatic N) is 2. The van der Waals surface area contributed by atoms with Crippen LogP contribution in [0.15, 0.2) is 49.6 Å². The summed E-state index contributed by atoms with van der Waals surface area (Å²) in [6.07, 6.45) is 10.8. The first-order chi connectivity index (χ1) is 11.8. The zero-order valence-corrected chi connectivity index (χ0v) is 14.1. The van der Waals surface area contributed by atoms with Crippen LogP contribution in [0.3, 0.4) is 0 Å². The van der Waals surface area contributed by atoms with Crippen molar-refractivity contribution in [2.75, 3.05) is 18.5 Å². The molecule has 24 heavy (non-hydrogen) atoms. The SMILES string of the molecule is C=C(NOCC1CCCC1)c1ccccc1NCCn1ccnc1. The Hall–Kier alpha value is -2.27. The number of hydrogen-bond acceptors (Lipinski definition) is 4. The van der Waals surface area contributed by atoms with Gasteiger partial charge in [0.1, 0.15) is 0 Å². The molecule has 0 aliphatic heterocycles. The van der Waals surface area contributed by atoms with Crippen LogP contribution < -0.4 is 10.8 Å². The van der Waals surface area contributed by atoms with Crippen LogP contribution in [0.2, 0.25) is 0 Å². The van der Waals surface area contributed by atoms with Gasteiger partial charge in [0, 0.05) is 36.7 Å². The first kappa shape index (κ1) is 16.6. The Morgan fingerprint density at radius 3 is 2.92 bits per heavy atom. The van der Waals surface area contributed by atoms with E-state index in [1.54, 1.807) is 6.20 Å². The summed E-state index contributed by atoms with van der Waals surface area (Å²) in [6, 6.07) is 8.15. The average Bonchev–Trinajstić information content (AvgIpc) is 3.29. The van der Waals surface area contributed by atoms with Gasteiger partial charge in [0.15, 0.2) is 0 Å². The molecule has 1 heterocycles. The van der Waals surface area contributed by atoms with E-state index in [9.17, 15) is 0 Å². The van der Waals surface area contributed by atoms with Crippen LogP contribution in [0, 0.1) is 5.92 Å². The summed E-state index contributed by atoms with van der Waals surface area (Å²) >= 11 is 0. The van der Waals surface area contributed by atoms with E-state index in [1.807, 2.05) is 35.3 Å². The summed E-state index contributed by atoms with van der Waals surface area (Å²) in [5.41, 5.74) is 5.90. The molecular formula is C19H26N4O. The standard InChI is InChI=1S/C19H26N4O/c1-16(22-24-14-17-6-2-3-7-17)18-8-4-5-9-19(18)21-11-13-23-12-10-20-15-23/h4-5,8-10,12,15,17,21-22H,1-3,6-7,11,13-14H2. The number of benzene rings is 1. The third-order valence-corrected chi connectivity index (χ3v) is 4.49. The molecule has 5 heteroatoms. The minimum absolute atomic E-state index is 0.689. The maximum atomic E-state index is 5.66. The van der Waals surface area contributed by atoms with Crippen molar-refractivity contribution < 1.29 is 4.84 Å². The summed E-state index contributed by atoms with van der Waals surface area (Å²) in [6.45, 7) is 6.57. The van der Waals surface area contributed by atoms with E-state index in [0.717, 1.165) is 36.6 Å². The normalized spacial score (nSPS) is 14.7. The number of rotatable bonds is 9. The number of hydrogen-bond donors (Lipinski definition) is 2. The number of nitrogens with one attached hydrogen (secondary N) is 2. The lowest BCUT2D eigenvalue weighted by Crippen LogP contribution is -2.18. The van der Waals surface area contributed by atoms with Crippen LogP contribution in [-0.4, -0.2) is 22.7 Å². The Kier molecular flexibility index (Phi) is 5.90. The molecule has 1 fully saturated rings. The van der Waals surface area contributed by atoms with Gasteiger partial charge < -0.3 is 9.88 Å². The Labute approximate surface area is 143 Å². The van der Waals surface area contributed by atoms with Gasteiger partial charge in [0.2, 0.25) is 0 Å². The molecular weight excluding hydrogens is 300 g/mol. The molecule has 2 aromatic rings. The highest BCUT2D eigenvalue weighted by atomic mass is 16.6. The lowest BCUT2D eigenvalue weighted by molar-refractivity contribution is 0.0514. The molecule has 1 aliphatic carbocycles. The Morgan fingerprint density at radius 2 is 2.12 bits per heavy atom. The first-order valence-electron chi connectivity index (χ1n) is 8.68. The summed E-state index contributed by atoms with van der Waals surface area (Å²) in [7, 11) is 0. The van der Waals surface area contributed by atoms with E-state index in [-0.39, 0.29) is 0 Å². The van der Waals surface area contributed by atoms with Gasteiger partial charge in [-0.2, -0.15) is 0 Å². The number of hydroxylamine groups is 1. The van der Waals surface area contributed by atoms with Crippen LogP contribution in [0.25, 0.3) is 5.70 Å². The fraction of sp³-hybridized carbons (Fsp3) is 0.421. The molecule has 2 N–H and O–H groups in total. The van der Waals surface area contributed by atoms with Crippen LogP contribution in [0.5, 0.6) is 0 Å². The van der Waals surface area contributed by atoms with Gasteiger partial charge in [-0.15, -0.1) is 0 Å². The maximum absolute atomic E-state index is 5.66. The summed E-state index contributed by atoms with van der Waals surface area (Å²) < 4.78 is 2.05. The summed E-state index contributed by atoms with van der Waals surface area (Å²) in [4.78, 5) is 9.72. The van der Waals surface area contributed by atoms with E-state index in [2.05, 4.69) is 28.4 Å². The Balaban J connectivity index is 1.49. The molecule has 5 nitrogen and oxygen atoms in total. The lowest BCUT2D eigenvalue weighted by Gasteiger charge is -2.16.